The first-order valence-electron chi connectivity index (χ1n) is 7.05. The van der Waals surface area contributed by atoms with Gasteiger partial charge in [-0.1, -0.05) is 28.4 Å². The maximum absolute atomic E-state index is 12.6. The van der Waals surface area contributed by atoms with Gasteiger partial charge in [0.1, 0.15) is 5.75 Å². The van der Waals surface area contributed by atoms with Gasteiger partial charge < -0.3 is 19.9 Å². The molecule has 0 aliphatic carbocycles. The molecule has 0 aliphatic rings. The van der Waals surface area contributed by atoms with Gasteiger partial charge in [-0.15, -0.1) is 24.0 Å². The van der Waals surface area contributed by atoms with E-state index in [1.165, 1.54) is 12.1 Å². The Hall–Kier alpha value is -1.40. The van der Waals surface area contributed by atoms with Crippen LogP contribution in [0.4, 0.5) is 8.78 Å². The van der Waals surface area contributed by atoms with Gasteiger partial charge in [0.25, 0.3) is 0 Å². The van der Waals surface area contributed by atoms with Crippen molar-refractivity contribution >= 4 is 53.1 Å². The zero-order valence-electron chi connectivity index (χ0n) is 13.7. The van der Waals surface area contributed by atoms with Crippen LogP contribution in [0.2, 0.25) is 10.0 Å². The van der Waals surface area contributed by atoms with Crippen molar-refractivity contribution in [3.63, 3.8) is 0 Å². The van der Waals surface area contributed by atoms with Crippen LogP contribution in [-0.2, 0) is 13.1 Å². The van der Waals surface area contributed by atoms with Crippen LogP contribution < -0.4 is 15.4 Å². The second-order valence-electron chi connectivity index (χ2n) is 4.76. The fraction of sp³-hybridized carbons (Fsp3) is 0.357. The van der Waals surface area contributed by atoms with E-state index < -0.39 is 6.61 Å². The number of hydrogen-bond donors (Lipinski definition) is 2. The molecule has 0 bridgehead atoms. The van der Waals surface area contributed by atoms with Gasteiger partial charge >= 0.3 is 6.61 Å². The summed E-state index contributed by atoms with van der Waals surface area (Å²) < 4.78 is 34.5. The van der Waals surface area contributed by atoms with Crippen molar-refractivity contribution in [2.75, 3.05) is 7.05 Å². The van der Waals surface area contributed by atoms with E-state index in [1.54, 1.807) is 14.0 Å². The van der Waals surface area contributed by atoms with Gasteiger partial charge in [0, 0.05) is 31.1 Å². The van der Waals surface area contributed by atoms with Gasteiger partial charge in [-0.25, -0.2) is 0 Å². The number of nitrogens with zero attached hydrogens (tertiary/aromatic N) is 3. The molecule has 1 aromatic carbocycles. The number of aliphatic imine (C=N–C) groups is 1. The summed E-state index contributed by atoms with van der Waals surface area (Å²) in [4.78, 5) is 8.06. The molecule has 2 rings (SSSR count). The van der Waals surface area contributed by atoms with Crippen molar-refractivity contribution in [2.24, 2.45) is 4.99 Å². The quantitative estimate of drug-likeness (QED) is 0.342. The summed E-state index contributed by atoms with van der Waals surface area (Å²) in [5.74, 6) is 1.15. The van der Waals surface area contributed by atoms with E-state index in [-0.39, 0.29) is 47.8 Å². The molecule has 0 saturated heterocycles. The number of rotatable bonds is 6. The highest BCUT2D eigenvalue weighted by Gasteiger charge is 2.15. The summed E-state index contributed by atoms with van der Waals surface area (Å²) in [5, 5.41) is 9.93. The van der Waals surface area contributed by atoms with Crippen LogP contribution in [0.5, 0.6) is 5.75 Å². The molecule has 144 valence electrons. The smallest absolute Gasteiger partial charge is 0.387 e. The van der Waals surface area contributed by atoms with E-state index in [4.69, 9.17) is 27.7 Å². The molecule has 0 unspecified atom stereocenters. The highest BCUT2D eigenvalue weighted by atomic mass is 127. The molecular weight excluding hydrogens is 506 g/mol. The van der Waals surface area contributed by atoms with Crippen LogP contribution >= 0.6 is 47.2 Å². The predicted octanol–water partition coefficient (Wildman–Crippen LogP) is 3.77. The molecule has 1 aromatic heterocycles. The summed E-state index contributed by atoms with van der Waals surface area (Å²) in [7, 11) is 1.55. The minimum absolute atomic E-state index is 0. The van der Waals surface area contributed by atoms with Crippen LogP contribution in [0.1, 0.15) is 17.3 Å². The average molecular weight is 522 g/mol. The Morgan fingerprint density at radius 2 is 2.00 bits per heavy atom. The summed E-state index contributed by atoms with van der Waals surface area (Å²) in [6.07, 6.45) is 0. The first-order chi connectivity index (χ1) is 11.9. The molecule has 0 amide bonds. The van der Waals surface area contributed by atoms with Gasteiger partial charge in [0.15, 0.2) is 11.8 Å². The zero-order valence-corrected chi connectivity index (χ0v) is 17.6. The lowest BCUT2D eigenvalue weighted by atomic mass is 10.2. The lowest BCUT2D eigenvalue weighted by Crippen LogP contribution is -2.36. The molecule has 0 saturated carbocycles. The van der Waals surface area contributed by atoms with Crippen molar-refractivity contribution in [1.82, 2.24) is 20.8 Å². The maximum Gasteiger partial charge on any atom is 0.387 e. The number of benzene rings is 1. The van der Waals surface area contributed by atoms with Gasteiger partial charge in [-0.3, -0.25) is 4.99 Å². The van der Waals surface area contributed by atoms with E-state index in [1.807, 2.05) is 0 Å². The lowest BCUT2D eigenvalue weighted by Gasteiger charge is -2.15. The molecule has 26 heavy (non-hydrogen) atoms. The van der Waals surface area contributed by atoms with Crippen molar-refractivity contribution in [1.29, 1.82) is 0 Å². The van der Waals surface area contributed by atoms with Crippen LogP contribution in [-0.4, -0.2) is 29.8 Å². The fourth-order valence-corrected chi connectivity index (χ4v) is 2.52. The number of halogens is 5. The predicted molar refractivity (Wildman–Crippen MR) is 105 cm³/mol. The van der Waals surface area contributed by atoms with Gasteiger partial charge in [-0.2, -0.15) is 13.8 Å². The van der Waals surface area contributed by atoms with E-state index in [0.717, 1.165) is 0 Å². The Morgan fingerprint density at radius 1 is 1.31 bits per heavy atom. The SMILES string of the molecule is CN=C(NCc1noc(C)n1)NCc1cc(Cl)cc(Cl)c1OC(F)F.I. The minimum atomic E-state index is -3.00. The van der Waals surface area contributed by atoms with Crippen LogP contribution in [0, 0.1) is 6.92 Å². The molecule has 0 aliphatic heterocycles. The average Bonchev–Trinajstić information content (AvgIpc) is 2.95. The molecule has 0 spiro atoms. The van der Waals surface area contributed by atoms with E-state index >= 15 is 0 Å². The third-order valence-electron chi connectivity index (χ3n) is 2.95. The number of nitrogens with one attached hydrogen (secondary N) is 2. The molecule has 2 aromatic rings. The molecule has 2 N–H and O–H groups in total. The molecule has 12 heteroatoms. The maximum atomic E-state index is 12.6. The number of aryl methyl sites for hydroxylation is 1. The Kier molecular flexibility index (Phi) is 9.30. The number of aromatic nitrogens is 2. The molecule has 0 radical (unpaired) electrons. The van der Waals surface area contributed by atoms with Crippen LogP contribution in [0.15, 0.2) is 21.6 Å². The molecular formula is C14H16Cl2F2IN5O2. The van der Waals surface area contributed by atoms with Crippen LogP contribution in [0.25, 0.3) is 0 Å². The van der Waals surface area contributed by atoms with Crippen molar-refractivity contribution in [3.05, 3.63) is 39.5 Å². The third kappa shape index (κ3) is 6.72. The standard InChI is InChI=1S/C14H15Cl2F2N5O2.HI/c1-7-22-11(23-25-7)6-21-14(19-2)20-5-8-3-9(15)4-10(16)12(8)24-13(17)18;/h3-4,13H,5-6H2,1-2H3,(H2,19,20,21);1H. The van der Waals surface area contributed by atoms with Gasteiger partial charge in [-0.05, 0) is 12.1 Å². The minimum Gasteiger partial charge on any atom is -0.433 e. The van der Waals surface area contributed by atoms with E-state index in [2.05, 4.69) is 30.5 Å². The number of guanidine groups is 1. The molecule has 1 heterocycles. The summed E-state index contributed by atoms with van der Waals surface area (Å²) in [6, 6.07) is 2.81. The second kappa shape index (κ2) is 10.7. The Labute approximate surface area is 175 Å². The second-order valence-corrected chi connectivity index (χ2v) is 5.61. The third-order valence-corrected chi connectivity index (χ3v) is 3.44. The first kappa shape index (κ1) is 22.6. The van der Waals surface area contributed by atoms with Crippen molar-refractivity contribution in [3.8, 4) is 5.75 Å². The Morgan fingerprint density at radius 3 is 2.58 bits per heavy atom. The van der Waals surface area contributed by atoms with E-state index in [9.17, 15) is 8.78 Å². The molecule has 7 nitrogen and oxygen atoms in total. The first-order valence-corrected chi connectivity index (χ1v) is 7.81. The van der Waals surface area contributed by atoms with Gasteiger partial charge in [0.2, 0.25) is 5.89 Å². The van der Waals surface area contributed by atoms with Crippen molar-refractivity contribution in [2.45, 2.75) is 26.6 Å². The van der Waals surface area contributed by atoms with E-state index in [0.29, 0.717) is 28.3 Å². The zero-order chi connectivity index (χ0) is 18.4. The normalized spacial score (nSPS) is 11.3. The fourth-order valence-electron chi connectivity index (χ4n) is 1.94. The van der Waals surface area contributed by atoms with Crippen molar-refractivity contribution < 1.29 is 18.0 Å². The van der Waals surface area contributed by atoms with Gasteiger partial charge in [0.05, 0.1) is 11.6 Å². The largest absolute Gasteiger partial charge is 0.433 e. The summed E-state index contributed by atoms with van der Waals surface area (Å²) >= 11 is 11.9. The topological polar surface area (TPSA) is 84.6 Å². The summed E-state index contributed by atoms with van der Waals surface area (Å²) in [6.45, 7) is -0.950. The monoisotopic (exact) mass is 521 g/mol. The highest BCUT2D eigenvalue weighted by molar-refractivity contribution is 14.0. The molecule has 0 atom stereocenters. The number of hydrogen-bond acceptors (Lipinski definition) is 5. The number of alkyl halides is 2. The number of ether oxygens (including phenoxy) is 1. The Bertz CT molecular complexity index is 761. The highest BCUT2D eigenvalue weighted by Crippen LogP contribution is 2.33. The van der Waals surface area contributed by atoms with Crippen LogP contribution in [0.3, 0.4) is 0 Å². The molecule has 0 fully saturated rings. The summed E-state index contributed by atoms with van der Waals surface area (Å²) in [5.41, 5.74) is 0.358. The lowest BCUT2D eigenvalue weighted by molar-refractivity contribution is -0.0504. The Balaban J connectivity index is 0.00000338.